The fraction of sp³-hybridized carbons (Fsp3) is 0.294. The largest absolute Gasteiger partial charge is 0.453 e. The van der Waals surface area contributed by atoms with E-state index in [0.717, 1.165) is 70.7 Å². The molecule has 4 aromatic heterocycles. The molecule has 0 spiro atoms. The van der Waals surface area contributed by atoms with Crippen molar-refractivity contribution < 1.29 is 8.83 Å². The fourth-order valence-electron chi connectivity index (χ4n) is 6.01. The summed E-state index contributed by atoms with van der Waals surface area (Å²) in [6.45, 7) is 13.1. The van der Waals surface area contributed by atoms with E-state index in [4.69, 9.17) is 18.8 Å². The van der Waals surface area contributed by atoms with Crippen LogP contribution in [0.25, 0.3) is 55.7 Å². The van der Waals surface area contributed by atoms with Gasteiger partial charge in [0.25, 0.3) is 0 Å². The van der Waals surface area contributed by atoms with Gasteiger partial charge in [0.1, 0.15) is 11.2 Å². The van der Waals surface area contributed by atoms with Crippen LogP contribution in [-0.4, -0.2) is 15.0 Å². The van der Waals surface area contributed by atoms with Crippen molar-refractivity contribution in [1.29, 1.82) is 0 Å². The molecule has 39 heavy (non-hydrogen) atoms. The Balaban J connectivity index is 1.77. The lowest BCUT2D eigenvalue weighted by Crippen LogP contribution is -1.87. The molecule has 5 nitrogen and oxygen atoms in total. The smallest absolute Gasteiger partial charge is 0.170 e. The number of aryl methyl sites for hydroxylation is 2. The Labute approximate surface area is 229 Å². The van der Waals surface area contributed by atoms with Crippen LogP contribution in [0.1, 0.15) is 88.3 Å². The first-order valence-corrected chi connectivity index (χ1v) is 14.1. The van der Waals surface area contributed by atoms with E-state index < -0.39 is 0 Å². The van der Waals surface area contributed by atoms with Crippen LogP contribution in [-0.2, 0) is 12.8 Å². The number of aromatic amines is 1. The highest BCUT2D eigenvalue weighted by Gasteiger charge is 2.18. The molecule has 0 aliphatic carbocycles. The Hall–Kier alpha value is -4.12. The average Bonchev–Trinajstić information content (AvgIpc) is 3.73. The van der Waals surface area contributed by atoms with Gasteiger partial charge in [0.2, 0.25) is 0 Å². The van der Waals surface area contributed by atoms with E-state index in [1.54, 1.807) is 0 Å². The molecular weight excluding hydrogens is 482 g/mol. The Morgan fingerprint density at radius 1 is 0.564 bits per heavy atom. The van der Waals surface area contributed by atoms with Gasteiger partial charge >= 0.3 is 0 Å². The van der Waals surface area contributed by atoms with Gasteiger partial charge in [0.05, 0.1) is 22.8 Å². The molecule has 0 amide bonds. The summed E-state index contributed by atoms with van der Waals surface area (Å²) < 4.78 is 12.4. The van der Waals surface area contributed by atoms with Crippen LogP contribution in [0.3, 0.4) is 0 Å². The van der Waals surface area contributed by atoms with Crippen LogP contribution in [0.2, 0.25) is 0 Å². The van der Waals surface area contributed by atoms with E-state index in [9.17, 15) is 0 Å². The van der Waals surface area contributed by atoms with Gasteiger partial charge in [-0.2, -0.15) is 0 Å². The van der Waals surface area contributed by atoms with Crippen LogP contribution in [0.4, 0.5) is 0 Å². The molecule has 1 N–H and O–H groups in total. The molecule has 0 saturated carbocycles. The molecule has 2 aliphatic heterocycles. The zero-order valence-electron chi connectivity index (χ0n) is 23.7. The van der Waals surface area contributed by atoms with Gasteiger partial charge in [-0.1, -0.05) is 27.7 Å². The Morgan fingerprint density at radius 2 is 1.00 bits per heavy atom. The molecule has 6 rings (SSSR count). The van der Waals surface area contributed by atoms with Crippen molar-refractivity contribution in [2.24, 2.45) is 0 Å². The third kappa shape index (κ3) is 4.26. The molecule has 5 heteroatoms. The summed E-state index contributed by atoms with van der Waals surface area (Å²) >= 11 is 0. The first-order chi connectivity index (χ1) is 18.9. The van der Waals surface area contributed by atoms with E-state index in [0.29, 0.717) is 11.2 Å². The van der Waals surface area contributed by atoms with Crippen molar-refractivity contribution >= 4 is 55.7 Å². The number of hydrogen-bond acceptors (Lipinski definition) is 4. The second-order valence-electron chi connectivity index (χ2n) is 10.3. The number of nitrogens with zero attached hydrogens (tertiary/aromatic N) is 2. The monoisotopic (exact) mass is 517 g/mol. The predicted molar refractivity (Wildman–Crippen MR) is 162 cm³/mol. The second-order valence-corrected chi connectivity index (χ2v) is 10.3. The number of H-pyrrole nitrogens is 1. The zero-order valence-corrected chi connectivity index (χ0v) is 23.7. The van der Waals surface area contributed by atoms with Crippen molar-refractivity contribution in [1.82, 2.24) is 15.0 Å². The van der Waals surface area contributed by atoms with Crippen molar-refractivity contribution in [2.45, 2.75) is 67.2 Å². The van der Waals surface area contributed by atoms with E-state index in [1.807, 2.05) is 36.4 Å². The minimum atomic E-state index is 0.694. The van der Waals surface area contributed by atoms with Crippen LogP contribution < -0.4 is 0 Å². The second kappa shape index (κ2) is 9.88. The van der Waals surface area contributed by atoms with E-state index in [1.165, 1.54) is 33.4 Å². The maximum Gasteiger partial charge on any atom is 0.170 e. The number of allylic oxidation sites excluding steroid dienone is 4. The number of nitrogens with one attached hydrogen (secondary N) is 1. The Kier molecular flexibility index (Phi) is 6.38. The maximum atomic E-state index is 6.18. The summed E-state index contributed by atoms with van der Waals surface area (Å²) in [6.07, 6.45) is 3.72. The molecule has 10 bridgehead atoms. The Bertz CT molecular complexity index is 1740. The molecule has 4 aromatic rings. The van der Waals surface area contributed by atoms with Gasteiger partial charge in [0, 0.05) is 23.2 Å². The molecule has 0 atom stereocenters. The fourth-order valence-corrected chi connectivity index (χ4v) is 6.01. The number of fused-ring (bicyclic) bond motifs is 11. The van der Waals surface area contributed by atoms with Crippen molar-refractivity contribution in [2.75, 3.05) is 0 Å². The van der Waals surface area contributed by atoms with E-state index >= 15 is 0 Å². The summed E-state index contributed by atoms with van der Waals surface area (Å²) in [5.74, 6) is 0. The average molecular weight is 518 g/mol. The molecule has 0 aromatic carbocycles. The molecule has 198 valence electrons. The summed E-state index contributed by atoms with van der Waals surface area (Å²) in [5.41, 5.74) is 16.7. The first-order valence-electron chi connectivity index (χ1n) is 14.1. The summed E-state index contributed by atoms with van der Waals surface area (Å²) in [4.78, 5) is 13.9. The van der Waals surface area contributed by atoms with Crippen LogP contribution in [0.15, 0.2) is 57.4 Å². The lowest BCUT2D eigenvalue weighted by Gasteiger charge is -2.01. The molecule has 6 heterocycles. The van der Waals surface area contributed by atoms with Crippen LogP contribution >= 0.6 is 0 Å². The number of furan rings is 2. The van der Waals surface area contributed by atoms with Gasteiger partial charge < -0.3 is 13.8 Å². The maximum absolute atomic E-state index is 6.18. The SMILES string of the molecule is CCC1=C(C)c2cc3ccc(o3)c3ccc(cc4nc(cc5[nH]c(cc1n2)c(CC)c5CC)C(CC)=C4C)o3. The minimum Gasteiger partial charge on any atom is -0.453 e. The standard InChI is InChI=1S/C34H35N3O2/c1-7-23-19(5)27-15-21-11-13-33(38-21)34-14-12-22(39-34)16-28-20(6)24(8-2)30(36-28)18-32-26(10-4)25(9-3)31(37-32)17-29(23)35-27/h11-18,37H,7-10H2,1-6H3. The van der Waals surface area contributed by atoms with Crippen molar-refractivity contribution in [3.8, 4) is 0 Å². The third-order valence-electron chi connectivity index (χ3n) is 8.09. The van der Waals surface area contributed by atoms with Gasteiger partial charge in [-0.25, -0.2) is 9.97 Å². The Morgan fingerprint density at radius 3 is 1.38 bits per heavy atom. The quantitative estimate of drug-likeness (QED) is 0.292. The highest BCUT2D eigenvalue weighted by atomic mass is 16.4. The molecule has 0 fully saturated rings. The lowest BCUT2D eigenvalue weighted by molar-refractivity contribution is 0.629. The van der Waals surface area contributed by atoms with Gasteiger partial charge in [-0.3, -0.25) is 0 Å². The molecular formula is C34H35N3O2. The van der Waals surface area contributed by atoms with Crippen LogP contribution in [0, 0.1) is 0 Å². The van der Waals surface area contributed by atoms with Crippen molar-refractivity contribution in [3.63, 3.8) is 0 Å². The minimum absolute atomic E-state index is 0.694. The highest BCUT2D eigenvalue weighted by molar-refractivity contribution is 5.94. The van der Waals surface area contributed by atoms with E-state index in [-0.39, 0.29) is 0 Å². The molecule has 0 radical (unpaired) electrons. The van der Waals surface area contributed by atoms with Gasteiger partial charge in [0.15, 0.2) is 11.2 Å². The number of aromatic nitrogens is 3. The van der Waals surface area contributed by atoms with Crippen molar-refractivity contribution in [3.05, 3.63) is 82.4 Å². The lowest BCUT2D eigenvalue weighted by atomic mass is 10.0. The number of rotatable bonds is 4. The van der Waals surface area contributed by atoms with Crippen LogP contribution in [0.5, 0.6) is 0 Å². The molecule has 2 aliphatic rings. The highest BCUT2D eigenvalue weighted by Crippen LogP contribution is 2.35. The first kappa shape index (κ1) is 25.2. The van der Waals surface area contributed by atoms with Gasteiger partial charge in [-0.15, -0.1) is 0 Å². The third-order valence-corrected chi connectivity index (χ3v) is 8.09. The molecule has 0 saturated heterocycles. The summed E-state index contributed by atoms with van der Waals surface area (Å²) in [6, 6.07) is 16.4. The normalized spacial score (nSPS) is 13.6. The van der Waals surface area contributed by atoms with Gasteiger partial charge in [-0.05, 0) is 109 Å². The topological polar surface area (TPSA) is 67.8 Å². The predicted octanol–water partition coefficient (Wildman–Crippen LogP) is 9.69. The van der Waals surface area contributed by atoms with E-state index in [2.05, 4.69) is 58.7 Å². The molecule has 0 unspecified atom stereocenters. The summed E-state index contributed by atoms with van der Waals surface area (Å²) in [5, 5.41) is 0. The number of hydrogen-bond donors (Lipinski definition) is 1. The zero-order chi connectivity index (χ0) is 27.3. The summed E-state index contributed by atoms with van der Waals surface area (Å²) in [7, 11) is 0.